The van der Waals surface area contributed by atoms with E-state index in [-0.39, 0.29) is 11.1 Å². The Morgan fingerprint density at radius 2 is 2.06 bits per heavy atom. The van der Waals surface area contributed by atoms with Crippen LogP contribution >= 0.6 is 11.8 Å². The summed E-state index contributed by atoms with van der Waals surface area (Å²) in [6.45, 7) is 3.27. The first-order chi connectivity index (χ1) is 17.0. The monoisotopic (exact) mass is 491 g/mol. The standard InChI is InChI=1S/C24H25N7O3S/c25-20-4-3-16(21(29-20)18-2-1-11-34-18)14-26-13-15-6-9-31(10-7-15)23-27-8-5-17(28-23)12-19-22(32)30-24(33)35-19/h1-5,8,11-12,15,26H,6-7,9-10,13-14H2,(H2,25,29)(H,30,32,33)/b19-12+. The molecule has 2 fully saturated rings. The van der Waals surface area contributed by atoms with Gasteiger partial charge in [0.2, 0.25) is 5.95 Å². The number of pyridine rings is 1. The van der Waals surface area contributed by atoms with Crippen molar-refractivity contribution in [2.24, 2.45) is 5.92 Å². The fraction of sp³-hybridized carbons (Fsp3) is 0.292. The molecule has 10 nitrogen and oxygen atoms in total. The van der Waals surface area contributed by atoms with Crippen LogP contribution in [0, 0.1) is 5.92 Å². The smallest absolute Gasteiger partial charge is 0.290 e. The quantitative estimate of drug-likeness (QED) is 0.423. The molecule has 3 aromatic heterocycles. The van der Waals surface area contributed by atoms with Crippen LogP contribution in [-0.2, 0) is 11.3 Å². The highest BCUT2D eigenvalue weighted by Crippen LogP contribution is 2.26. The molecule has 2 aliphatic heterocycles. The first-order valence-electron chi connectivity index (χ1n) is 11.4. The molecule has 35 heavy (non-hydrogen) atoms. The van der Waals surface area contributed by atoms with Gasteiger partial charge in [-0.1, -0.05) is 6.07 Å². The summed E-state index contributed by atoms with van der Waals surface area (Å²) >= 11 is 0.882. The molecule has 2 saturated heterocycles. The Labute approximate surface area is 206 Å². The van der Waals surface area contributed by atoms with Crippen molar-refractivity contribution in [3.8, 4) is 11.5 Å². The van der Waals surface area contributed by atoms with Crippen molar-refractivity contribution in [3.63, 3.8) is 0 Å². The first kappa shape index (κ1) is 23.1. The second-order valence-corrected chi connectivity index (χ2v) is 9.43. The number of piperidine rings is 1. The first-order valence-corrected chi connectivity index (χ1v) is 12.2. The van der Waals surface area contributed by atoms with Crippen molar-refractivity contribution < 1.29 is 14.0 Å². The summed E-state index contributed by atoms with van der Waals surface area (Å²) in [5.74, 6) is 1.96. The molecule has 11 heteroatoms. The number of hydrogen-bond acceptors (Lipinski definition) is 10. The molecule has 0 aliphatic carbocycles. The lowest BCUT2D eigenvalue weighted by Crippen LogP contribution is -2.38. The minimum atomic E-state index is -0.389. The summed E-state index contributed by atoms with van der Waals surface area (Å²) in [5, 5.41) is 5.45. The Morgan fingerprint density at radius 3 is 2.80 bits per heavy atom. The van der Waals surface area contributed by atoms with Crippen LogP contribution in [0.15, 0.2) is 52.1 Å². The topological polar surface area (TPSA) is 139 Å². The number of hydrogen-bond donors (Lipinski definition) is 3. The molecule has 0 bridgehead atoms. The van der Waals surface area contributed by atoms with Gasteiger partial charge in [-0.3, -0.25) is 14.9 Å². The molecular weight excluding hydrogens is 466 g/mol. The summed E-state index contributed by atoms with van der Waals surface area (Å²) in [6.07, 6.45) is 6.96. The normalized spacial score (nSPS) is 17.8. The number of imide groups is 1. The van der Waals surface area contributed by atoms with Gasteiger partial charge in [-0.15, -0.1) is 0 Å². The van der Waals surface area contributed by atoms with Crippen LogP contribution in [0.5, 0.6) is 0 Å². The molecular formula is C24H25N7O3S. The highest BCUT2D eigenvalue weighted by molar-refractivity contribution is 8.18. The fourth-order valence-electron chi connectivity index (χ4n) is 4.17. The second-order valence-electron chi connectivity index (χ2n) is 8.42. The SMILES string of the molecule is Nc1ccc(CNCC2CCN(c3nccc(/C=C4/SC(=O)NC4=O)n3)CC2)c(-c2ccco2)n1. The van der Waals surface area contributed by atoms with Crippen molar-refractivity contribution in [2.75, 3.05) is 30.3 Å². The number of nitrogens with zero attached hydrogens (tertiary/aromatic N) is 4. The number of nitrogens with two attached hydrogens (primary N) is 1. The van der Waals surface area contributed by atoms with Gasteiger partial charge >= 0.3 is 0 Å². The second kappa shape index (κ2) is 10.3. The lowest BCUT2D eigenvalue weighted by molar-refractivity contribution is -0.115. The summed E-state index contributed by atoms with van der Waals surface area (Å²) in [4.78, 5) is 39.1. The predicted octanol–water partition coefficient (Wildman–Crippen LogP) is 3.04. The molecule has 0 unspecified atom stereocenters. The van der Waals surface area contributed by atoms with Crippen LogP contribution < -0.4 is 21.3 Å². The number of carbonyl (C=O) groups is 2. The molecule has 0 saturated carbocycles. The van der Waals surface area contributed by atoms with Crippen molar-refractivity contribution >= 4 is 40.8 Å². The lowest BCUT2D eigenvalue weighted by Gasteiger charge is -2.32. The van der Waals surface area contributed by atoms with E-state index in [1.807, 2.05) is 24.3 Å². The number of amides is 2. The van der Waals surface area contributed by atoms with E-state index in [1.54, 1.807) is 24.6 Å². The number of nitrogens with one attached hydrogen (secondary N) is 2. The molecule has 4 N–H and O–H groups in total. The van der Waals surface area contributed by atoms with Gasteiger partial charge in [-0.25, -0.2) is 15.0 Å². The van der Waals surface area contributed by atoms with Gasteiger partial charge in [0.25, 0.3) is 11.1 Å². The highest BCUT2D eigenvalue weighted by atomic mass is 32.2. The molecule has 5 rings (SSSR count). The van der Waals surface area contributed by atoms with Gasteiger partial charge < -0.3 is 20.4 Å². The van der Waals surface area contributed by atoms with E-state index in [0.717, 1.165) is 55.5 Å². The Bertz CT molecular complexity index is 1250. The lowest BCUT2D eigenvalue weighted by atomic mass is 9.97. The Hall–Kier alpha value is -3.70. The van der Waals surface area contributed by atoms with Gasteiger partial charge in [0.1, 0.15) is 11.5 Å². The average Bonchev–Trinajstić information content (AvgIpc) is 3.50. The maximum atomic E-state index is 11.8. The molecule has 180 valence electrons. The van der Waals surface area contributed by atoms with Gasteiger partial charge in [-0.05, 0) is 73.0 Å². The Kier molecular flexibility index (Phi) is 6.77. The largest absolute Gasteiger partial charge is 0.463 e. The highest BCUT2D eigenvalue weighted by Gasteiger charge is 2.26. The summed E-state index contributed by atoms with van der Waals surface area (Å²) in [5.41, 5.74) is 8.29. The van der Waals surface area contributed by atoms with Crippen molar-refractivity contribution in [2.45, 2.75) is 19.4 Å². The number of thioether (sulfide) groups is 1. The number of nitrogen functional groups attached to an aromatic ring is 1. The third-order valence-corrected chi connectivity index (χ3v) is 6.80. The zero-order chi connectivity index (χ0) is 24.2. The number of carbonyl (C=O) groups excluding carboxylic acids is 2. The molecule has 0 spiro atoms. The molecule has 0 aromatic carbocycles. The number of rotatable bonds is 7. The predicted molar refractivity (Wildman–Crippen MR) is 134 cm³/mol. The van der Waals surface area contributed by atoms with Crippen molar-refractivity contribution in [1.29, 1.82) is 0 Å². The minimum absolute atomic E-state index is 0.343. The van der Waals surface area contributed by atoms with Gasteiger partial charge in [-0.2, -0.15) is 0 Å². The van der Waals surface area contributed by atoms with E-state index in [9.17, 15) is 9.59 Å². The summed E-state index contributed by atoms with van der Waals surface area (Å²) in [7, 11) is 0. The van der Waals surface area contributed by atoms with E-state index in [4.69, 9.17) is 10.2 Å². The summed E-state index contributed by atoms with van der Waals surface area (Å²) in [6, 6.07) is 9.25. The van der Waals surface area contributed by atoms with E-state index in [0.29, 0.717) is 40.6 Å². The van der Waals surface area contributed by atoms with Crippen LogP contribution in [-0.4, -0.2) is 45.7 Å². The van der Waals surface area contributed by atoms with Crippen LogP contribution in [0.3, 0.4) is 0 Å². The van der Waals surface area contributed by atoms with E-state index >= 15 is 0 Å². The van der Waals surface area contributed by atoms with Gasteiger partial charge in [0, 0.05) is 25.8 Å². The van der Waals surface area contributed by atoms with Crippen molar-refractivity contribution in [3.05, 3.63) is 59.0 Å². The van der Waals surface area contributed by atoms with E-state index in [2.05, 4.69) is 30.5 Å². The van der Waals surface area contributed by atoms with Crippen LogP contribution in [0.4, 0.5) is 16.6 Å². The van der Waals surface area contributed by atoms with Crippen LogP contribution in [0.25, 0.3) is 17.5 Å². The van der Waals surface area contributed by atoms with Crippen LogP contribution in [0.1, 0.15) is 24.1 Å². The molecule has 5 heterocycles. The maximum Gasteiger partial charge on any atom is 0.290 e. The Morgan fingerprint density at radius 1 is 1.20 bits per heavy atom. The molecule has 0 atom stereocenters. The summed E-state index contributed by atoms with van der Waals surface area (Å²) < 4.78 is 5.52. The zero-order valence-corrected chi connectivity index (χ0v) is 19.8. The third-order valence-electron chi connectivity index (χ3n) is 5.99. The van der Waals surface area contributed by atoms with E-state index in [1.165, 1.54) is 0 Å². The fourth-order valence-corrected chi connectivity index (χ4v) is 4.84. The molecule has 2 aliphatic rings. The number of aromatic nitrogens is 3. The molecule has 2 amide bonds. The zero-order valence-electron chi connectivity index (χ0n) is 18.9. The number of anilines is 2. The van der Waals surface area contributed by atoms with Gasteiger partial charge in [0.05, 0.1) is 16.9 Å². The third kappa shape index (κ3) is 5.52. The molecule has 0 radical (unpaired) electrons. The number of furan rings is 1. The maximum absolute atomic E-state index is 11.8. The molecule has 3 aromatic rings. The van der Waals surface area contributed by atoms with Crippen LogP contribution in [0.2, 0.25) is 0 Å². The average molecular weight is 492 g/mol. The van der Waals surface area contributed by atoms with Crippen molar-refractivity contribution in [1.82, 2.24) is 25.6 Å². The van der Waals surface area contributed by atoms with Gasteiger partial charge in [0.15, 0.2) is 5.76 Å². The van der Waals surface area contributed by atoms with E-state index < -0.39 is 0 Å². The minimum Gasteiger partial charge on any atom is -0.463 e. The Balaban J connectivity index is 1.14.